The van der Waals surface area contributed by atoms with Crippen molar-refractivity contribution in [2.24, 2.45) is 4.99 Å². The third-order valence-electron chi connectivity index (χ3n) is 3.67. The Balaban J connectivity index is 1.88. The summed E-state index contributed by atoms with van der Waals surface area (Å²) >= 11 is 0. The number of ether oxygens (including phenoxy) is 2. The van der Waals surface area contributed by atoms with Gasteiger partial charge in [-0.3, -0.25) is 0 Å². The van der Waals surface area contributed by atoms with E-state index in [2.05, 4.69) is 20.6 Å². The van der Waals surface area contributed by atoms with Crippen molar-refractivity contribution in [1.29, 1.82) is 0 Å². The third-order valence-corrected chi connectivity index (χ3v) is 3.67. The molecule has 8 heteroatoms. The Kier molecular flexibility index (Phi) is 6.65. The largest absolute Gasteiger partial charge is 0.481 e. The van der Waals surface area contributed by atoms with Crippen molar-refractivity contribution in [3.63, 3.8) is 0 Å². The number of nitrogens with one attached hydrogen (secondary N) is 2. The number of hydrogen-bond acceptors (Lipinski definition) is 5. The van der Waals surface area contributed by atoms with E-state index in [0.717, 1.165) is 12.1 Å². The fraction of sp³-hybridized carbons (Fsp3) is 0.611. The van der Waals surface area contributed by atoms with Crippen LogP contribution in [0.4, 0.5) is 4.79 Å². The smallest absolute Gasteiger partial charge is 0.410 e. The molecule has 144 valence electrons. The van der Waals surface area contributed by atoms with Crippen LogP contribution in [0.2, 0.25) is 0 Å². The Labute approximate surface area is 155 Å². The molecule has 0 spiro atoms. The number of nitrogens with zero attached hydrogens (tertiary/aromatic N) is 3. The van der Waals surface area contributed by atoms with Crippen LogP contribution in [0.25, 0.3) is 0 Å². The molecule has 1 amide bonds. The number of carbonyl (C=O) groups excluding carboxylic acids is 1. The summed E-state index contributed by atoms with van der Waals surface area (Å²) in [5.41, 5.74) is 0.436. The second-order valence-electron chi connectivity index (χ2n) is 7.09. The molecule has 0 unspecified atom stereocenters. The van der Waals surface area contributed by atoms with Gasteiger partial charge in [0.15, 0.2) is 5.96 Å². The summed E-state index contributed by atoms with van der Waals surface area (Å²) in [6.45, 7) is 9.99. The lowest BCUT2D eigenvalue weighted by Gasteiger charge is -2.40. The number of rotatable bonds is 5. The number of methoxy groups -OCH3 is 1. The predicted octanol–water partition coefficient (Wildman–Crippen LogP) is 1.76. The zero-order chi connectivity index (χ0) is 19.2. The highest BCUT2D eigenvalue weighted by Gasteiger charge is 2.34. The van der Waals surface area contributed by atoms with E-state index in [1.54, 1.807) is 18.2 Å². The molecular formula is C18H29N5O3. The van der Waals surface area contributed by atoms with Crippen LogP contribution in [0, 0.1) is 0 Å². The van der Waals surface area contributed by atoms with E-state index >= 15 is 0 Å². The lowest BCUT2D eigenvalue weighted by atomic mass is 10.1. The van der Waals surface area contributed by atoms with Crippen LogP contribution in [-0.4, -0.2) is 60.3 Å². The normalized spacial score (nSPS) is 15.3. The Bertz CT molecular complexity index is 636. The molecule has 1 aliphatic heterocycles. The SMILES string of the molecule is CCNC(=NCc1cccnc1OC)NC1CN(C(=O)OC(C)(C)C)C1. The molecule has 8 nitrogen and oxygen atoms in total. The standard InChI is InChI=1S/C18H29N5O3/c1-6-19-16(21-10-13-8-7-9-20-15(13)25-5)22-14-11-23(12-14)17(24)26-18(2,3)4/h7-9,14H,6,10-12H2,1-5H3,(H2,19,21,22). The molecular weight excluding hydrogens is 334 g/mol. The Morgan fingerprint density at radius 3 is 2.77 bits per heavy atom. The van der Waals surface area contributed by atoms with Gasteiger partial charge in [0, 0.05) is 31.4 Å². The first-order valence-electron chi connectivity index (χ1n) is 8.83. The second-order valence-corrected chi connectivity index (χ2v) is 7.09. The van der Waals surface area contributed by atoms with Gasteiger partial charge in [-0.05, 0) is 33.8 Å². The number of hydrogen-bond donors (Lipinski definition) is 2. The van der Waals surface area contributed by atoms with E-state index < -0.39 is 5.60 Å². The topological polar surface area (TPSA) is 88.1 Å². The van der Waals surface area contributed by atoms with Crippen LogP contribution in [0.5, 0.6) is 5.88 Å². The summed E-state index contributed by atoms with van der Waals surface area (Å²) in [7, 11) is 1.60. The van der Waals surface area contributed by atoms with Gasteiger partial charge in [0.2, 0.25) is 5.88 Å². The second kappa shape index (κ2) is 8.73. The molecule has 2 rings (SSSR count). The maximum atomic E-state index is 12.0. The zero-order valence-corrected chi connectivity index (χ0v) is 16.2. The molecule has 0 radical (unpaired) electrons. The van der Waals surface area contributed by atoms with Crippen molar-refractivity contribution in [2.45, 2.75) is 45.9 Å². The first kappa shape index (κ1) is 19.8. The lowest BCUT2D eigenvalue weighted by molar-refractivity contribution is 0.00700. The molecule has 0 aliphatic carbocycles. The van der Waals surface area contributed by atoms with Crippen LogP contribution in [0.15, 0.2) is 23.3 Å². The minimum atomic E-state index is -0.477. The first-order chi connectivity index (χ1) is 12.3. The Morgan fingerprint density at radius 2 is 2.15 bits per heavy atom. The molecule has 1 aliphatic rings. The van der Waals surface area contributed by atoms with Crippen LogP contribution < -0.4 is 15.4 Å². The summed E-state index contributed by atoms with van der Waals surface area (Å²) in [5.74, 6) is 1.28. The maximum absolute atomic E-state index is 12.0. The van der Waals surface area contributed by atoms with Crippen molar-refractivity contribution in [1.82, 2.24) is 20.5 Å². The highest BCUT2D eigenvalue weighted by atomic mass is 16.6. The fourth-order valence-electron chi connectivity index (χ4n) is 2.45. The molecule has 1 aromatic rings. The number of amides is 1. The van der Waals surface area contributed by atoms with Gasteiger partial charge in [-0.25, -0.2) is 14.8 Å². The molecule has 0 aromatic carbocycles. The number of aliphatic imine (C=N–C) groups is 1. The van der Waals surface area contributed by atoms with Crippen molar-refractivity contribution in [2.75, 3.05) is 26.7 Å². The predicted molar refractivity (Wildman–Crippen MR) is 100 cm³/mol. The molecule has 1 saturated heterocycles. The first-order valence-corrected chi connectivity index (χ1v) is 8.83. The van der Waals surface area contributed by atoms with Crippen LogP contribution in [0.3, 0.4) is 0 Å². The zero-order valence-electron chi connectivity index (χ0n) is 16.2. The van der Waals surface area contributed by atoms with E-state index in [4.69, 9.17) is 9.47 Å². The monoisotopic (exact) mass is 363 g/mol. The Morgan fingerprint density at radius 1 is 1.42 bits per heavy atom. The molecule has 0 bridgehead atoms. The third kappa shape index (κ3) is 5.79. The van der Waals surface area contributed by atoms with Gasteiger partial charge >= 0.3 is 6.09 Å². The summed E-state index contributed by atoms with van der Waals surface area (Å²) in [6.07, 6.45) is 1.41. The average Bonchev–Trinajstić information content (AvgIpc) is 2.53. The van der Waals surface area contributed by atoms with Crippen molar-refractivity contribution in [3.8, 4) is 5.88 Å². The molecule has 1 fully saturated rings. The number of aromatic nitrogens is 1. The highest BCUT2D eigenvalue weighted by Crippen LogP contribution is 2.16. The molecule has 1 aromatic heterocycles. The summed E-state index contributed by atoms with van der Waals surface area (Å²) < 4.78 is 10.6. The van der Waals surface area contributed by atoms with Gasteiger partial charge in [0.05, 0.1) is 19.7 Å². The van der Waals surface area contributed by atoms with Crippen LogP contribution >= 0.6 is 0 Å². The quantitative estimate of drug-likeness (QED) is 0.612. The number of likely N-dealkylation sites (tertiary alicyclic amines) is 1. The summed E-state index contributed by atoms with van der Waals surface area (Å²) in [4.78, 5) is 22.4. The van der Waals surface area contributed by atoms with Crippen molar-refractivity contribution >= 4 is 12.1 Å². The molecule has 2 N–H and O–H groups in total. The number of carbonyl (C=O) groups is 1. The van der Waals surface area contributed by atoms with E-state index in [9.17, 15) is 4.79 Å². The van der Waals surface area contributed by atoms with Crippen molar-refractivity contribution in [3.05, 3.63) is 23.9 Å². The number of guanidine groups is 1. The molecule has 0 saturated carbocycles. The van der Waals surface area contributed by atoms with Gasteiger partial charge in [0.25, 0.3) is 0 Å². The lowest BCUT2D eigenvalue weighted by Crippen LogP contribution is -2.63. The van der Waals surface area contributed by atoms with Crippen LogP contribution in [-0.2, 0) is 11.3 Å². The molecule has 2 heterocycles. The van der Waals surface area contributed by atoms with E-state index in [-0.39, 0.29) is 12.1 Å². The van der Waals surface area contributed by atoms with E-state index in [1.807, 2.05) is 39.8 Å². The fourth-order valence-corrected chi connectivity index (χ4v) is 2.45. The van der Waals surface area contributed by atoms with Gasteiger partial charge in [-0.2, -0.15) is 0 Å². The highest BCUT2D eigenvalue weighted by molar-refractivity contribution is 5.80. The Hall–Kier alpha value is -2.51. The van der Waals surface area contributed by atoms with Gasteiger partial charge < -0.3 is 25.0 Å². The summed E-state index contributed by atoms with van der Waals surface area (Å²) in [6, 6.07) is 3.95. The van der Waals surface area contributed by atoms with Crippen molar-refractivity contribution < 1.29 is 14.3 Å². The minimum absolute atomic E-state index is 0.149. The summed E-state index contributed by atoms with van der Waals surface area (Å²) in [5, 5.41) is 6.55. The van der Waals surface area contributed by atoms with Crippen LogP contribution in [0.1, 0.15) is 33.3 Å². The van der Waals surface area contributed by atoms with Gasteiger partial charge in [-0.1, -0.05) is 6.07 Å². The molecule has 26 heavy (non-hydrogen) atoms. The number of pyridine rings is 1. The van der Waals surface area contributed by atoms with Gasteiger partial charge in [0.1, 0.15) is 5.60 Å². The van der Waals surface area contributed by atoms with Gasteiger partial charge in [-0.15, -0.1) is 0 Å². The van der Waals surface area contributed by atoms with E-state index in [1.165, 1.54) is 0 Å². The maximum Gasteiger partial charge on any atom is 0.410 e. The van der Waals surface area contributed by atoms with E-state index in [0.29, 0.717) is 31.5 Å². The average molecular weight is 363 g/mol. The molecule has 0 atom stereocenters. The minimum Gasteiger partial charge on any atom is -0.481 e.